The van der Waals surface area contributed by atoms with E-state index in [2.05, 4.69) is 23.8 Å². The number of anilines is 1. The maximum absolute atomic E-state index is 12.0. The molecule has 0 aromatic carbocycles. The van der Waals surface area contributed by atoms with Gasteiger partial charge in [0.15, 0.2) is 17.4 Å². The lowest BCUT2D eigenvalue weighted by molar-refractivity contribution is -0.0478. The molecule has 22 heteroatoms. The van der Waals surface area contributed by atoms with Gasteiger partial charge in [0.05, 0.1) is 23.9 Å². The zero-order valence-corrected chi connectivity index (χ0v) is 18.8. The number of nitrogens with two attached hydrogens (primary N) is 1. The fourth-order valence-corrected chi connectivity index (χ4v) is 10.3. The van der Waals surface area contributed by atoms with E-state index in [1.807, 2.05) is 0 Å². The van der Waals surface area contributed by atoms with Crippen molar-refractivity contribution in [1.82, 2.24) is 19.5 Å². The van der Waals surface area contributed by atoms with Gasteiger partial charge in [-0.25, -0.2) is 18.7 Å². The number of imidazole rings is 1. The van der Waals surface area contributed by atoms with Crippen LogP contribution in [0.25, 0.3) is 11.2 Å². The van der Waals surface area contributed by atoms with E-state index in [9.17, 15) is 38.5 Å². The van der Waals surface area contributed by atoms with Crippen LogP contribution in [0.5, 0.6) is 0 Å². The Hall–Kier alpha value is -1.17. The molecule has 0 aliphatic carbocycles. The third-order valence-corrected chi connectivity index (χ3v) is 12.3. The van der Waals surface area contributed by atoms with E-state index >= 15 is 0 Å². The molecule has 1 aliphatic rings. The summed E-state index contributed by atoms with van der Waals surface area (Å²) in [5, 5.41) is 20.5. The summed E-state index contributed by atoms with van der Waals surface area (Å²) in [5.74, 6) is -0.263. The molecule has 6 atom stereocenters. The molecule has 0 spiro atoms. The Morgan fingerprint density at radius 2 is 1.84 bits per heavy atom. The molecule has 0 saturated carbocycles. The molecule has 18 nitrogen and oxygen atoms in total. The standard InChI is InChI=1S/C10H16N5O13P3S/c11-10-13-7-4(8(18)14-10)12-2-15(7)9-6(17)5(16)3(27-9)1-26-30(22,23)32-31(24,25)28-29(19,20)21/h2-3,5-6,9,16-17H,1H2,(H,22,23)(H,24,25)(H2,19,20,21)(H3,11,13,14,18)/t3-,5-,6-,9-/m1/s1. The average molecular weight is 539 g/mol. The van der Waals surface area contributed by atoms with Crippen LogP contribution in [-0.4, -0.2) is 74.2 Å². The Morgan fingerprint density at radius 1 is 1.19 bits per heavy atom. The molecular weight excluding hydrogens is 523 g/mol. The van der Waals surface area contributed by atoms with Crippen molar-refractivity contribution in [3.63, 3.8) is 0 Å². The van der Waals surface area contributed by atoms with Gasteiger partial charge < -0.3 is 40.3 Å². The number of ether oxygens (including phenoxy) is 1. The molecule has 1 aliphatic heterocycles. The maximum Gasteiger partial charge on any atom is 0.477 e. The fourth-order valence-electron chi connectivity index (χ4n) is 2.70. The van der Waals surface area contributed by atoms with Crippen LogP contribution in [0.15, 0.2) is 11.1 Å². The van der Waals surface area contributed by atoms with Gasteiger partial charge in [-0.1, -0.05) is 0 Å². The Bertz CT molecular complexity index is 1210. The van der Waals surface area contributed by atoms with E-state index in [-0.39, 0.29) is 17.1 Å². The molecule has 1 saturated heterocycles. The number of nitrogens with zero attached hydrogens (tertiary/aromatic N) is 3. The second-order valence-electron chi connectivity index (χ2n) is 6.21. The number of H-pyrrole nitrogens is 1. The molecule has 180 valence electrons. The second kappa shape index (κ2) is 8.88. The quantitative estimate of drug-likeness (QED) is 0.175. The number of nitrogens with one attached hydrogen (secondary N) is 1. The van der Waals surface area contributed by atoms with Crippen molar-refractivity contribution < 1.29 is 57.1 Å². The van der Waals surface area contributed by atoms with Crippen LogP contribution in [-0.2, 0) is 27.3 Å². The van der Waals surface area contributed by atoms with E-state index in [0.717, 1.165) is 10.9 Å². The first-order valence-corrected chi connectivity index (χ1v) is 14.8. The summed E-state index contributed by atoms with van der Waals surface area (Å²) in [6, 6.07) is 0. The lowest BCUT2D eigenvalue weighted by atomic mass is 10.1. The van der Waals surface area contributed by atoms with Gasteiger partial charge in [-0.05, 0) is 0 Å². The monoisotopic (exact) mass is 539 g/mol. The predicted octanol–water partition coefficient (Wildman–Crippen LogP) is -1.62. The molecule has 3 rings (SSSR count). The van der Waals surface area contributed by atoms with Crippen molar-refractivity contribution in [3.05, 3.63) is 16.7 Å². The van der Waals surface area contributed by atoms with Crippen LogP contribution in [0.4, 0.5) is 5.95 Å². The molecule has 1 fully saturated rings. The van der Waals surface area contributed by atoms with Crippen molar-refractivity contribution in [3.8, 4) is 0 Å². The number of hydrogen-bond donors (Lipinski definition) is 8. The third kappa shape index (κ3) is 5.84. The topological polar surface area (TPSA) is 290 Å². The summed E-state index contributed by atoms with van der Waals surface area (Å²) >= 11 is -0.771. The lowest BCUT2D eigenvalue weighted by Gasteiger charge is -2.18. The zero-order valence-electron chi connectivity index (χ0n) is 15.3. The molecule has 2 unspecified atom stereocenters. The van der Waals surface area contributed by atoms with Crippen LogP contribution in [0.1, 0.15) is 6.23 Å². The first-order chi connectivity index (χ1) is 14.6. The Balaban J connectivity index is 1.72. The highest BCUT2D eigenvalue weighted by atomic mass is 33.1. The Kier molecular flexibility index (Phi) is 7.07. The summed E-state index contributed by atoms with van der Waals surface area (Å²) in [5.41, 5.74) is 4.56. The average Bonchev–Trinajstić information content (AvgIpc) is 3.12. The van der Waals surface area contributed by atoms with E-state index in [0.29, 0.717) is 0 Å². The maximum atomic E-state index is 12.0. The predicted molar refractivity (Wildman–Crippen MR) is 105 cm³/mol. The molecule has 0 amide bonds. The second-order valence-corrected chi connectivity index (χ2v) is 14.9. The minimum Gasteiger partial charge on any atom is -0.387 e. The summed E-state index contributed by atoms with van der Waals surface area (Å²) in [7, 11) is -5.46. The van der Waals surface area contributed by atoms with Crippen molar-refractivity contribution in [2.75, 3.05) is 12.3 Å². The SMILES string of the molecule is Nc1nc2c(ncn2[C@@H]2O[C@H](COP(=O)(O)SP(=O)(O)OP(=O)(O)O)[C@@H](O)[C@H]2O)c(=O)[nH]1. The van der Waals surface area contributed by atoms with Crippen molar-refractivity contribution >= 4 is 49.5 Å². The summed E-state index contributed by atoms with van der Waals surface area (Å²) < 4.78 is 48.8. The van der Waals surface area contributed by atoms with Crippen LogP contribution < -0.4 is 11.3 Å². The van der Waals surface area contributed by atoms with Crippen molar-refractivity contribution in [1.29, 1.82) is 0 Å². The highest BCUT2D eigenvalue weighted by Gasteiger charge is 2.46. The molecule has 32 heavy (non-hydrogen) atoms. The highest BCUT2D eigenvalue weighted by Crippen LogP contribution is 2.78. The number of fused-ring (bicyclic) bond motifs is 1. The summed E-state index contributed by atoms with van der Waals surface area (Å²) in [4.78, 5) is 57.8. The third-order valence-electron chi connectivity index (χ3n) is 3.88. The van der Waals surface area contributed by atoms with Crippen LogP contribution >= 0.6 is 32.4 Å². The number of aromatic amines is 1. The summed E-state index contributed by atoms with van der Waals surface area (Å²) in [6.45, 7) is -11.3. The molecule has 0 bridgehead atoms. The van der Waals surface area contributed by atoms with E-state index in [1.165, 1.54) is 0 Å². The number of aliphatic hydroxyl groups is 2. The number of nitrogen functional groups attached to an aromatic ring is 1. The lowest BCUT2D eigenvalue weighted by Crippen LogP contribution is -2.33. The van der Waals surface area contributed by atoms with Gasteiger partial charge in [-0.2, -0.15) is 9.29 Å². The minimum atomic E-state index is -5.46. The first-order valence-electron chi connectivity index (χ1n) is 8.11. The number of aliphatic hydroxyl groups excluding tert-OH is 2. The van der Waals surface area contributed by atoms with Gasteiger partial charge in [-0.3, -0.25) is 18.9 Å². The molecule has 3 heterocycles. The zero-order chi connectivity index (χ0) is 24.1. The number of phosphoric acid groups is 1. The smallest absolute Gasteiger partial charge is 0.387 e. The van der Waals surface area contributed by atoms with Crippen molar-refractivity contribution in [2.45, 2.75) is 24.5 Å². The Labute approximate surface area is 180 Å². The van der Waals surface area contributed by atoms with Gasteiger partial charge in [0.1, 0.15) is 18.3 Å². The molecule has 2 aromatic heterocycles. The van der Waals surface area contributed by atoms with Gasteiger partial charge in [0.25, 0.3) is 5.56 Å². The normalized spacial score (nSPS) is 27.9. The van der Waals surface area contributed by atoms with E-state index < -0.39 is 69.1 Å². The fraction of sp³-hybridized carbons (Fsp3) is 0.500. The van der Waals surface area contributed by atoms with Crippen LogP contribution in [0.3, 0.4) is 0 Å². The molecule has 2 aromatic rings. The number of aromatic nitrogens is 4. The largest absolute Gasteiger partial charge is 0.477 e. The Morgan fingerprint density at radius 3 is 2.47 bits per heavy atom. The van der Waals surface area contributed by atoms with E-state index in [4.69, 9.17) is 20.3 Å². The van der Waals surface area contributed by atoms with Crippen molar-refractivity contribution in [2.24, 2.45) is 0 Å². The van der Waals surface area contributed by atoms with Gasteiger partial charge >= 0.3 is 21.4 Å². The minimum absolute atomic E-state index is 0.0942. The van der Waals surface area contributed by atoms with E-state index in [1.54, 1.807) is 0 Å². The molecule has 9 N–H and O–H groups in total. The van der Waals surface area contributed by atoms with Gasteiger partial charge in [-0.15, -0.1) is 0 Å². The van der Waals surface area contributed by atoms with Gasteiger partial charge in [0.2, 0.25) is 5.95 Å². The number of hydrogen-bond acceptors (Lipinski definition) is 13. The molecule has 0 radical (unpaired) electrons. The summed E-state index contributed by atoms with van der Waals surface area (Å²) in [6.07, 6.45) is -5.13. The van der Waals surface area contributed by atoms with Gasteiger partial charge in [0, 0.05) is 0 Å². The number of rotatable bonds is 8. The van der Waals surface area contributed by atoms with Crippen LogP contribution in [0.2, 0.25) is 0 Å². The highest BCUT2D eigenvalue weighted by molar-refractivity contribution is 8.84. The first kappa shape index (κ1) is 25.5. The van der Waals surface area contributed by atoms with Crippen LogP contribution in [0, 0.1) is 0 Å². The molecular formula is C10H16N5O13P3S.